The number of anilines is 1. The highest BCUT2D eigenvalue weighted by atomic mass is 35.5. The zero-order valence-electron chi connectivity index (χ0n) is 13.3. The fourth-order valence-electron chi connectivity index (χ4n) is 2.64. The molecule has 0 N–H and O–H groups in total. The fraction of sp³-hybridized carbons (Fsp3) is 0.100. The van der Waals surface area contributed by atoms with Gasteiger partial charge in [-0.1, -0.05) is 48.0 Å². The Morgan fingerprint density at radius 3 is 2.38 bits per heavy atom. The molecule has 1 amide bonds. The lowest BCUT2D eigenvalue weighted by atomic mass is 10.1. The maximum absolute atomic E-state index is 13.2. The topological polar surface area (TPSA) is 33.2 Å². The first-order chi connectivity index (χ1) is 11.7. The number of para-hydroxylation sites is 1. The molecule has 0 saturated carbocycles. The van der Waals surface area contributed by atoms with Crippen LogP contribution in [0.3, 0.4) is 0 Å². The summed E-state index contributed by atoms with van der Waals surface area (Å²) in [7, 11) is 0. The van der Waals surface area contributed by atoms with Crippen LogP contribution in [-0.2, 0) is 0 Å². The number of aromatic nitrogens is 1. The number of hydrogen-bond donors (Lipinski definition) is 0. The molecule has 0 saturated heterocycles. The Balaban J connectivity index is 2.06. The molecule has 0 aliphatic carbocycles. The largest absolute Gasteiger partial charge is 0.301 e. The van der Waals surface area contributed by atoms with Gasteiger partial charge in [0.05, 0.1) is 16.6 Å². The Kier molecular flexibility index (Phi) is 4.92. The molecule has 0 aliphatic rings. The highest BCUT2D eigenvalue weighted by Gasteiger charge is 2.25. The maximum Gasteiger partial charge on any atom is 0.260 e. The Hall–Kier alpha value is -2.65. The molecule has 120 valence electrons. The lowest BCUT2D eigenvalue weighted by molar-refractivity contribution is 0.0978. The minimum Gasteiger partial charge on any atom is -0.301 e. The van der Waals surface area contributed by atoms with Crippen molar-refractivity contribution in [2.75, 3.05) is 4.90 Å². The van der Waals surface area contributed by atoms with Crippen molar-refractivity contribution in [1.82, 2.24) is 4.98 Å². The second kappa shape index (κ2) is 7.28. The number of rotatable bonds is 4. The van der Waals surface area contributed by atoms with E-state index in [1.165, 1.54) is 0 Å². The molecule has 0 aliphatic heterocycles. The van der Waals surface area contributed by atoms with Crippen LogP contribution < -0.4 is 4.90 Å². The fourth-order valence-corrected chi connectivity index (χ4v) is 2.86. The normalized spacial score (nSPS) is 11.8. The van der Waals surface area contributed by atoms with Crippen LogP contribution in [0.1, 0.15) is 28.9 Å². The van der Waals surface area contributed by atoms with Gasteiger partial charge >= 0.3 is 0 Å². The SMILES string of the molecule is CC(c1cccnc1)N(C(=O)c1ccccc1Cl)c1ccccc1. The molecule has 2 aromatic carbocycles. The highest BCUT2D eigenvalue weighted by Crippen LogP contribution is 2.30. The van der Waals surface area contributed by atoms with Crippen LogP contribution in [0.4, 0.5) is 5.69 Å². The summed E-state index contributed by atoms with van der Waals surface area (Å²) in [4.78, 5) is 19.1. The molecule has 1 unspecified atom stereocenters. The van der Waals surface area contributed by atoms with Gasteiger partial charge in [0.2, 0.25) is 0 Å². The van der Waals surface area contributed by atoms with Crippen molar-refractivity contribution in [3.63, 3.8) is 0 Å². The van der Waals surface area contributed by atoms with Gasteiger partial charge in [-0.05, 0) is 42.8 Å². The molecule has 3 nitrogen and oxygen atoms in total. The lowest BCUT2D eigenvalue weighted by Gasteiger charge is -2.30. The molecule has 1 heterocycles. The molecule has 1 aromatic heterocycles. The Labute approximate surface area is 146 Å². The average molecular weight is 337 g/mol. The van der Waals surface area contributed by atoms with Crippen molar-refractivity contribution in [1.29, 1.82) is 0 Å². The van der Waals surface area contributed by atoms with Crippen molar-refractivity contribution in [3.8, 4) is 0 Å². The van der Waals surface area contributed by atoms with Crippen molar-refractivity contribution in [2.45, 2.75) is 13.0 Å². The highest BCUT2D eigenvalue weighted by molar-refractivity contribution is 6.34. The van der Waals surface area contributed by atoms with Crippen LogP contribution in [0, 0.1) is 0 Å². The second-order valence-electron chi connectivity index (χ2n) is 5.45. The number of amides is 1. The summed E-state index contributed by atoms with van der Waals surface area (Å²) >= 11 is 6.24. The van der Waals surface area contributed by atoms with E-state index in [0.29, 0.717) is 10.6 Å². The number of pyridine rings is 1. The number of carbonyl (C=O) groups excluding carboxylic acids is 1. The van der Waals surface area contributed by atoms with E-state index < -0.39 is 0 Å². The van der Waals surface area contributed by atoms with Crippen molar-refractivity contribution in [3.05, 3.63) is 95.3 Å². The number of benzene rings is 2. The summed E-state index contributed by atoms with van der Waals surface area (Å²) in [6, 6.07) is 20.4. The quantitative estimate of drug-likeness (QED) is 0.660. The molecular weight excluding hydrogens is 320 g/mol. The molecule has 0 fully saturated rings. The average Bonchev–Trinajstić information content (AvgIpc) is 2.64. The lowest BCUT2D eigenvalue weighted by Crippen LogP contribution is -2.33. The molecule has 3 rings (SSSR count). The van der Waals surface area contributed by atoms with E-state index in [-0.39, 0.29) is 11.9 Å². The molecular formula is C20H17ClN2O. The third-order valence-electron chi connectivity index (χ3n) is 3.91. The Morgan fingerprint density at radius 2 is 1.71 bits per heavy atom. The molecule has 1 atom stereocenters. The van der Waals surface area contributed by atoms with E-state index >= 15 is 0 Å². The van der Waals surface area contributed by atoms with Gasteiger partial charge in [0.15, 0.2) is 0 Å². The van der Waals surface area contributed by atoms with Crippen LogP contribution in [0.15, 0.2) is 79.1 Å². The zero-order chi connectivity index (χ0) is 16.9. The summed E-state index contributed by atoms with van der Waals surface area (Å²) in [6.07, 6.45) is 3.50. The van der Waals surface area contributed by atoms with Gasteiger partial charge in [-0.3, -0.25) is 9.78 Å². The standard InChI is InChI=1S/C20H17ClN2O/c1-15(16-8-7-13-22-14-16)23(17-9-3-2-4-10-17)20(24)18-11-5-6-12-19(18)21/h2-15H,1H3. The third-order valence-corrected chi connectivity index (χ3v) is 4.24. The van der Waals surface area contributed by atoms with Crippen LogP contribution in [0.2, 0.25) is 5.02 Å². The van der Waals surface area contributed by atoms with E-state index in [1.807, 2.05) is 61.5 Å². The van der Waals surface area contributed by atoms with Gasteiger partial charge in [-0.15, -0.1) is 0 Å². The zero-order valence-corrected chi connectivity index (χ0v) is 14.0. The van der Waals surface area contributed by atoms with Gasteiger partial charge in [0.25, 0.3) is 5.91 Å². The van der Waals surface area contributed by atoms with Crippen LogP contribution in [-0.4, -0.2) is 10.9 Å². The molecule has 24 heavy (non-hydrogen) atoms. The predicted molar refractivity (Wildman–Crippen MR) is 97.4 cm³/mol. The summed E-state index contributed by atoms with van der Waals surface area (Å²) in [5.74, 6) is -0.136. The van der Waals surface area contributed by atoms with E-state index in [1.54, 1.807) is 29.4 Å². The van der Waals surface area contributed by atoms with Crippen molar-refractivity contribution < 1.29 is 4.79 Å². The second-order valence-corrected chi connectivity index (χ2v) is 5.86. The first-order valence-corrected chi connectivity index (χ1v) is 8.09. The molecule has 0 bridgehead atoms. The summed E-state index contributed by atoms with van der Waals surface area (Å²) in [5.41, 5.74) is 2.26. The van der Waals surface area contributed by atoms with E-state index in [0.717, 1.165) is 11.3 Å². The first-order valence-electron chi connectivity index (χ1n) is 7.71. The maximum atomic E-state index is 13.2. The first kappa shape index (κ1) is 16.2. The van der Waals surface area contributed by atoms with Crippen molar-refractivity contribution >= 4 is 23.2 Å². The molecule has 0 radical (unpaired) electrons. The van der Waals surface area contributed by atoms with Crippen LogP contribution in [0.5, 0.6) is 0 Å². The number of carbonyl (C=O) groups is 1. The van der Waals surface area contributed by atoms with Gasteiger partial charge < -0.3 is 4.90 Å². The van der Waals surface area contributed by atoms with Gasteiger partial charge in [0, 0.05) is 18.1 Å². The summed E-state index contributed by atoms with van der Waals surface area (Å²) in [6.45, 7) is 1.98. The Morgan fingerprint density at radius 1 is 1.00 bits per heavy atom. The molecule has 3 aromatic rings. The number of nitrogens with zero attached hydrogens (tertiary/aromatic N) is 2. The van der Waals surface area contributed by atoms with E-state index in [9.17, 15) is 4.79 Å². The molecule has 0 spiro atoms. The van der Waals surface area contributed by atoms with Crippen molar-refractivity contribution in [2.24, 2.45) is 0 Å². The van der Waals surface area contributed by atoms with Crippen LogP contribution >= 0.6 is 11.6 Å². The molecule has 4 heteroatoms. The van der Waals surface area contributed by atoms with Crippen LogP contribution in [0.25, 0.3) is 0 Å². The monoisotopic (exact) mass is 336 g/mol. The minimum absolute atomic E-state index is 0.136. The van der Waals surface area contributed by atoms with Gasteiger partial charge in [0.1, 0.15) is 0 Å². The minimum atomic E-state index is -0.176. The smallest absolute Gasteiger partial charge is 0.260 e. The van der Waals surface area contributed by atoms with Gasteiger partial charge in [-0.25, -0.2) is 0 Å². The number of halogens is 1. The Bertz CT molecular complexity index is 821. The van der Waals surface area contributed by atoms with E-state index in [4.69, 9.17) is 11.6 Å². The third kappa shape index (κ3) is 3.31. The van der Waals surface area contributed by atoms with Gasteiger partial charge in [-0.2, -0.15) is 0 Å². The summed E-state index contributed by atoms with van der Waals surface area (Å²) < 4.78 is 0. The number of hydrogen-bond acceptors (Lipinski definition) is 2. The predicted octanol–water partition coefficient (Wildman–Crippen LogP) is 5.14. The van der Waals surface area contributed by atoms with E-state index in [2.05, 4.69) is 4.98 Å². The summed E-state index contributed by atoms with van der Waals surface area (Å²) in [5, 5.41) is 0.446.